The second kappa shape index (κ2) is 9.75. The van der Waals surface area contributed by atoms with E-state index in [1.165, 1.54) is 6.92 Å². The maximum absolute atomic E-state index is 12.3. The van der Waals surface area contributed by atoms with Crippen LogP contribution in [-0.4, -0.2) is 18.0 Å². The number of esters is 1. The molecule has 0 aliphatic carbocycles. The summed E-state index contributed by atoms with van der Waals surface area (Å²) in [6.07, 6.45) is -0.952. The Morgan fingerprint density at radius 3 is 2.24 bits per heavy atom. The molecule has 148 valence electrons. The van der Waals surface area contributed by atoms with Gasteiger partial charge in [0.2, 0.25) is 0 Å². The minimum Gasteiger partial charge on any atom is -0.489 e. The predicted octanol–water partition coefficient (Wildman–Crippen LogP) is 5.10. The van der Waals surface area contributed by atoms with E-state index in [2.05, 4.69) is 5.32 Å². The van der Waals surface area contributed by atoms with E-state index in [4.69, 9.17) is 21.1 Å². The van der Waals surface area contributed by atoms with Crippen LogP contribution in [0, 0.1) is 0 Å². The molecule has 1 atom stereocenters. The summed E-state index contributed by atoms with van der Waals surface area (Å²) in [6.45, 7) is 1.95. The van der Waals surface area contributed by atoms with Crippen LogP contribution in [0.3, 0.4) is 0 Å². The van der Waals surface area contributed by atoms with Crippen molar-refractivity contribution in [3.63, 3.8) is 0 Å². The number of anilines is 1. The van der Waals surface area contributed by atoms with Crippen molar-refractivity contribution in [3.8, 4) is 5.75 Å². The van der Waals surface area contributed by atoms with Gasteiger partial charge in [-0.25, -0.2) is 4.79 Å². The number of carbonyl (C=O) groups is 2. The quantitative estimate of drug-likeness (QED) is 0.551. The number of benzene rings is 3. The standard InChI is InChI=1S/C23H20ClNO4/c1-16(22(26)25-20-11-9-19(24)10-12-20)29-23(27)18-7-13-21(14-8-18)28-15-17-5-3-2-4-6-17/h2-14,16H,15H2,1H3,(H,25,26)/t16-/m1/s1. The van der Waals surface area contributed by atoms with Gasteiger partial charge >= 0.3 is 5.97 Å². The molecule has 1 N–H and O–H groups in total. The van der Waals surface area contributed by atoms with Crippen molar-refractivity contribution in [2.45, 2.75) is 19.6 Å². The molecule has 0 radical (unpaired) electrons. The SMILES string of the molecule is C[C@@H](OC(=O)c1ccc(OCc2ccccc2)cc1)C(=O)Nc1ccc(Cl)cc1. The van der Waals surface area contributed by atoms with Crippen molar-refractivity contribution in [2.24, 2.45) is 0 Å². The lowest BCUT2D eigenvalue weighted by Gasteiger charge is -2.14. The van der Waals surface area contributed by atoms with Crippen LogP contribution in [0.4, 0.5) is 5.69 Å². The number of hydrogen-bond acceptors (Lipinski definition) is 4. The topological polar surface area (TPSA) is 64.6 Å². The molecule has 0 saturated heterocycles. The molecule has 5 nitrogen and oxygen atoms in total. The Kier molecular flexibility index (Phi) is 6.87. The summed E-state index contributed by atoms with van der Waals surface area (Å²) in [5.74, 6) is -0.374. The minimum absolute atomic E-state index is 0.336. The zero-order valence-corrected chi connectivity index (χ0v) is 16.6. The first-order valence-electron chi connectivity index (χ1n) is 9.05. The Balaban J connectivity index is 1.51. The Morgan fingerprint density at radius 1 is 0.931 bits per heavy atom. The lowest BCUT2D eigenvalue weighted by atomic mass is 10.2. The molecule has 0 aliphatic heterocycles. The van der Waals surface area contributed by atoms with Gasteiger partial charge < -0.3 is 14.8 Å². The van der Waals surface area contributed by atoms with Crippen LogP contribution < -0.4 is 10.1 Å². The van der Waals surface area contributed by atoms with E-state index in [0.717, 1.165) is 5.56 Å². The summed E-state index contributed by atoms with van der Waals surface area (Å²) in [5, 5.41) is 3.24. The van der Waals surface area contributed by atoms with E-state index in [0.29, 0.717) is 28.6 Å². The second-order valence-electron chi connectivity index (χ2n) is 6.34. The molecule has 29 heavy (non-hydrogen) atoms. The highest BCUT2D eigenvalue weighted by molar-refractivity contribution is 6.30. The van der Waals surface area contributed by atoms with Gasteiger partial charge in [0.25, 0.3) is 5.91 Å². The van der Waals surface area contributed by atoms with E-state index in [1.54, 1.807) is 48.5 Å². The fourth-order valence-corrected chi connectivity index (χ4v) is 2.61. The molecule has 0 heterocycles. The fraction of sp³-hybridized carbons (Fsp3) is 0.130. The fourth-order valence-electron chi connectivity index (χ4n) is 2.49. The maximum Gasteiger partial charge on any atom is 0.338 e. The van der Waals surface area contributed by atoms with Crippen LogP contribution in [0.25, 0.3) is 0 Å². The van der Waals surface area contributed by atoms with Crippen molar-refractivity contribution < 1.29 is 19.1 Å². The van der Waals surface area contributed by atoms with E-state index in [9.17, 15) is 9.59 Å². The zero-order chi connectivity index (χ0) is 20.6. The summed E-state index contributed by atoms with van der Waals surface area (Å²) < 4.78 is 10.9. The molecule has 3 aromatic carbocycles. The monoisotopic (exact) mass is 409 g/mol. The Hall–Kier alpha value is -3.31. The van der Waals surface area contributed by atoms with Crippen molar-refractivity contribution in [2.75, 3.05) is 5.32 Å². The molecule has 3 aromatic rings. The van der Waals surface area contributed by atoms with E-state index < -0.39 is 18.0 Å². The molecule has 6 heteroatoms. The van der Waals surface area contributed by atoms with Gasteiger partial charge in [-0.05, 0) is 61.0 Å². The summed E-state index contributed by atoms with van der Waals surface area (Å²) in [4.78, 5) is 24.5. The average Bonchev–Trinajstić information content (AvgIpc) is 2.75. The van der Waals surface area contributed by atoms with Crippen LogP contribution in [0.2, 0.25) is 5.02 Å². The number of nitrogens with one attached hydrogen (secondary N) is 1. The Labute approximate surface area is 174 Å². The van der Waals surface area contributed by atoms with E-state index >= 15 is 0 Å². The highest BCUT2D eigenvalue weighted by Crippen LogP contribution is 2.16. The molecule has 0 aliphatic rings. The van der Waals surface area contributed by atoms with Gasteiger partial charge in [-0.15, -0.1) is 0 Å². The van der Waals surface area contributed by atoms with Crippen LogP contribution in [0.5, 0.6) is 5.75 Å². The first-order valence-corrected chi connectivity index (χ1v) is 9.43. The number of hydrogen-bond donors (Lipinski definition) is 1. The highest BCUT2D eigenvalue weighted by Gasteiger charge is 2.19. The van der Waals surface area contributed by atoms with Crippen LogP contribution >= 0.6 is 11.6 Å². The smallest absolute Gasteiger partial charge is 0.338 e. The van der Waals surface area contributed by atoms with Crippen molar-refractivity contribution in [3.05, 3.63) is 95.0 Å². The highest BCUT2D eigenvalue weighted by atomic mass is 35.5. The van der Waals surface area contributed by atoms with Gasteiger partial charge in [0, 0.05) is 10.7 Å². The van der Waals surface area contributed by atoms with Gasteiger partial charge in [-0.2, -0.15) is 0 Å². The number of carbonyl (C=O) groups excluding carboxylic acids is 2. The van der Waals surface area contributed by atoms with Crippen molar-refractivity contribution in [1.82, 2.24) is 0 Å². The van der Waals surface area contributed by atoms with Crippen LogP contribution in [-0.2, 0) is 16.1 Å². The predicted molar refractivity (Wildman–Crippen MR) is 112 cm³/mol. The summed E-state index contributed by atoms with van der Waals surface area (Å²) >= 11 is 5.82. The Bertz CT molecular complexity index is 956. The molecule has 0 spiro atoms. The van der Waals surface area contributed by atoms with Gasteiger partial charge in [-0.3, -0.25) is 4.79 Å². The molecule has 1 amide bonds. The van der Waals surface area contributed by atoms with Crippen molar-refractivity contribution in [1.29, 1.82) is 0 Å². The largest absolute Gasteiger partial charge is 0.489 e. The number of halogens is 1. The molecule has 0 fully saturated rings. The van der Waals surface area contributed by atoms with Crippen LogP contribution in [0.1, 0.15) is 22.8 Å². The lowest BCUT2D eigenvalue weighted by molar-refractivity contribution is -0.123. The average molecular weight is 410 g/mol. The molecule has 0 unspecified atom stereocenters. The first-order chi connectivity index (χ1) is 14.0. The van der Waals surface area contributed by atoms with Gasteiger partial charge in [-0.1, -0.05) is 41.9 Å². The lowest BCUT2D eigenvalue weighted by Crippen LogP contribution is -2.29. The molecular formula is C23H20ClNO4. The second-order valence-corrected chi connectivity index (χ2v) is 6.78. The molecule has 3 rings (SSSR count). The van der Waals surface area contributed by atoms with E-state index in [1.807, 2.05) is 30.3 Å². The summed E-state index contributed by atoms with van der Waals surface area (Å²) in [5.41, 5.74) is 1.96. The molecule has 0 bridgehead atoms. The molecule has 0 saturated carbocycles. The third kappa shape index (κ3) is 6.09. The normalized spacial score (nSPS) is 11.4. The Morgan fingerprint density at radius 2 is 1.59 bits per heavy atom. The van der Waals surface area contributed by atoms with Gasteiger partial charge in [0.15, 0.2) is 6.10 Å². The zero-order valence-electron chi connectivity index (χ0n) is 15.8. The van der Waals surface area contributed by atoms with Gasteiger partial charge in [0.1, 0.15) is 12.4 Å². The van der Waals surface area contributed by atoms with E-state index in [-0.39, 0.29) is 0 Å². The van der Waals surface area contributed by atoms with Gasteiger partial charge in [0.05, 0.1) is 5.56 Å². The summed E-state index contributed by atoms with van der Waals surface area (Å²) in [6, 6.07) is 23.0. The number of ether oxygens (including phenoxy) is 2. The van der Waals surface area contributed by atoms with Crippen molar-refractivity contribution >= 4 is 29.2 Å². The van der Waals surface area contributed by atoms with Crippen LogP contribution in [0.15, 0.2) is 78.9 Å². The summed E-state index contributed by atoms with van der Waals surface area (Å²) in [7, 11) is 0. The number of amides is 1. The molecular weight excluding hydrogens is 390 g/mol. The third-order valence-corrected chi connectivity index (χ3v) is 4.36. The maximum atomic E-state index is 12.3. The third-order valence-electron chi connectivity index (χ3n) is 4.10. The minimum atomic E-state index is -0.952. The number of rotatable bonds is 7. The first kappa shape index (κ1) is 20.4. The molecule has 0 aromatic heterocycles.